The lowest BCUT2D eigenvalue weighted by atomic mass is 10.1. The molecule has 1 aliphatic heterocycles. The second-order valence-corrected chi connectivity index (χ2v) is 7.96. The van der Waals surface area contributed by atoms with E-state index in [4.69, 9.17) is 4.74 Å². The predicted molar refractivity (Wildman–Crippen MR) is 90.4 cm³/mol. The molecule has 0 amide bonds. The van der Waals surface area contributed by atoms with Gasteiger partial charge < -0.3 is 4.74 Å². The summed E-state index contributed by atoms with van der Waals surface area (Å²) >= 11 is 0. The van der Waals surface area contributed by atoms with Gasteiger partial charge >= 0.3 is 0 Å². The summed E-state index contributed by atoms with van der Waals surface area (Å²) in [7, 11) is -3.52. The third kappa shape index (κ3) is 3.57. The van der Waals surface area contributed by atoms with Crippen LogP contribution in [0.3, 0.4) is 0 Å². The van der Waals surface area contributed by atoms with Gasteiger partial charge in [-0.3, -0.25) is 4.98 Å². The van der Waals surface area contributed by atoms with Gasteiger partial charge in [-0.25, -0.2) is 13.4 Å². The third-order valence-corrected chi connectivity index (χ3v) is 6.14. The van der Waals surface area contributed by atoms with Crippen LogP contribution in [0.4, 0.5) is 0 Å². The molecule has 1 unspecified atom stereocenters. The van der Waals surface area contributed by atoms with Crippen molar-refractivity contribution in [3.05, 3.63) is 47.9 Å². The molecule has 6 nitrogen and oxygen atoms in total. The molecular weight excluding hydrogens is 326 g/mol. The molecule has 1 fully saturated rings. The Bertz CT molecular complexity index is 809. The molecule has 0 saturated carbocycles. The molecule has 0 radical (unpaired) electrons. The first-order valence-corrected chi connectivity index (χ1v) is 9.41. The molecule has 2 heterocycles. The normalized spacial score (nSPS) is 19.2. The number of rotatable bonds is 4. The van der Waals surface area contributed by atoms with Crippen molar-refractivity contribution in [2.45, 2.75) is 37.7 Å². The number of nitrogens with zero attached hydrogens (tertiary/aromatic N) is 3. The Morgan fingerprint density at radius 2 is 2.08 bits per heavy atom. The van der Waals surface area contributed by atoms with Crippen molar-refractivity contribution >= 4 is 10.0 Å². The Labute approximate surface area is 142 Å². The average Bonchev–Trinajstić information content (AvgIpc) is 2.56. The Balaban J connectivity index is 1.78. The fraction of sp³-hybridized carbons (Fsp3) is 0.412. The Morgan fingerprint density at radius 3 is 2.79 bits per heavy atom. The summed E-state index contributed by atoms with van der Waals surface area (Å²) in [6, 6.07) is 5.41. The van der Waals surface area contributed by atoms with Crippen LogP contribution in [-0.2, 0) is 10.0 Å². The highest BCUT2D eigenvalue weighted by Gasteiger charge is 2.32. The molecule has 1 aliphatic rings. The minimum atomic E-state index is -3.52. The zero-order chi connectivity index (χ0) is 17.2. The van der Waals surface area contributed by atoms with E-state index < -0.39 is 10.0 Å². The monoisotopic (exact) mass is 347 g/mol. The van der Waals surface area contributed by atoms with Crippen molar-refractivity contribution in [2.75, 3.05) is 13.1 Å². The van der Waals surface area contributed by atoms with E-state index in [-0.39, 0.29) is 6.10 Å². The van der Waals surface area contributed by atoms with Crippen LogP contribution in [0.1, 0.15) is 24.0 Å². The smallest absolute Gasteiger partial charge is 0.243 e. The molecule has 0 bridgehead atoms. The number of aromatic nitrogens is 2. The summed E-state index contributed by atoms with van der Waals surface area (Å²) in [6.45, 7) is 4.62. The van der Waals surface area contributed by atoms with Crippen LogP contribution in [0.25, 0.3) is 0 Å². The number of piperidine rings is 1. The van der Waals surface area contributed by atoms with Crippen molar-refractivity contribution < 1.29 is 13.2 Å². The highest BCUT2D eigenvalue weighted by atomic mass is 32.2. The van der Waals surface area contributed by atoms with E-state index in [0.717, 1.165) is 24.0 Å². The quantitative estimate of drug-likeness (QED) is 0.849. The van der Waals surface area contributed by atoms with Crippen molar-refractivity contribution in [1.29, 1.82) is 0 Å². The van der Waals surface area contributed by atoms with Gasteiger partial charge in [0.05, 0.1) is 17.6 Å². The summed E-state index contributed by atoms with van der Waals surface area (Å²) in [6.07, 6.45) is 6.02. The van der Waals surface area contributed by atoms with E-state index in [0.29, 0.717) is 23.9 Å². The zero-order valence-corrected chi connectivity index (χ0v) is 14.7. The first-order valence-electron chi connectivity index (χ1n) is 7.97. The van der Waals surface area contributed by atoms with Gasteiger partial charge in [-0.05, 0) is 38.3 Å². The molecule has 128 valence electrons. The fourth-order valence-corrected chi connectivity index (χ4v) is 4.68. The number of benzene rings is 1. The van der Waals surface area contributed by atoms with Crippen molar-refractivity contribution in [3.63, 3.8) is 0 Å². The maximum atomic E-state index is 13.0. The van der Waals surface area contributed by atoms with Gasteiger partial charge in [-0.2, -0.15) is 4.31 Å². The highest BCUT2D eigenvalue weighted by molar-refractivity contribution is 7.89. The highest BCUT2D eigenvalue weighted by Crippen LogP contribution is 2.25. The molecule has 0 spiro atoms. The lowest BCUT2D eigenvalue weighted by molar-refractivity contribution is 0.124. The van der Waals surface area contributed by atoms with E-state index in [1.807, 2.05) is 26.0 Å². The van der Waals surface area contributed by atoms with Gasteiger partial charge in [0.25, 0.3) is 0 Å². The summed E-state index contributed by atoms with van der Waals surface area (Å²) < 4.78 is 33.2. The molecule has 24 heavy (non-hydrogen) atoms. The maximum absolute atomic E-state index is 13.0. The van der Waals surface area contributed by atoms with Gasteiger partial charge in [0.2, 0.25) is 15.9 Å². The topological polar surface area (TPSA) is 72.4 Å². The van der Waals surface area contributed by atoms with Crippen molar-refractivity contribution in [1.82, 2.24) is 14.3 Å². The first-order chi connectivity index (χ1) is 11.5. The van der Waals surface area contributed by atoms with Gasteiger partial charge in [0.1, 0.15) is 6.10 Å². The van der Waals surface area contributed by atoms with Crippen molar-refractivity contribution in [3.8, 4) is 5.88 Å². The Hall–Kier alpha value is -1.99. The van der Waals surface area contributed by atoms with Crippen LogP contribution in [0.2, 0.25) is 0 Å². The maximum Gasteiger partial charge on any atom is 0.243 e. The molecular formula is C17H21N3O3S. The number of hydrogen-bond donors (Lipinski definition) is 0. The fourth-order valence-electron chi connectivity index (χ4n) is 2.96. The minimum Gasteiger partial charge on any atom is -0.472 e. The number of hydrogen-bond acceptors (Lipinski definition) is 5. The van der Waals surface area contributed by atoms with Crippen LogP contribution in [-0.4, -0.2) is 41.9 Å². The number of sulfonamides is 1. The van der Waals surface area contributed by atoms with E-state index in [1.165, 1.54) is 10.5 Å². The van der Waals surface area contributed by atoms with Crippen LogP contribution in [0, 0.1) is 13.8 Å². The van der Waals surface area contributed by atoms with E-state index in [2.05, 4.69) is 9.97 Å². The molecule has 0 aliphatic carbocycles. The van der Waals surface area contributed by atoms with E-state index >= 15 is 0 Å². The summed E-state index contributed by atoms with van der Waals surface area (Å²) in [5.41, 5.74) is 1.82. The van der Waals surface area contributed by atoms with Crippen LogP contribution in [0.15, 0.2) is 41.7 Å². The van der Waals surface area contributed by atoms with Crippen LogP contribution in [0.5, 0.6) is 5.88 Å². The molecule has 2 aromatic rings. The Morgan fingerprint density at radius 1 is 1.25 bits per heavy atom. The first kappa shape index (κ1) is 16.9. The molecule has 0 N–H and O–H groups in total. The lowest BCUT2D eigenvalue weighted by Crippen LogP contribution is -2.44. The Kier molecular flexibility index (Phi) is 4.82. The van der Waals surface area contributed by atoms with Crippen molar-refractivity contribution in [2.24, 2.45) is 0 Å². The number of aryl methyl sites for hydroxylation is 2. The molecule has 7 heteroatoms. The predicted octanol–water partition coefficient (Wildman–Crippen LogP) is 2.33. The second kappa shape index (κ2) is 6.86. The zero-order valence-electron chi connectivity index (χ0n) is 13.8. The lowest BCUT2D eigenvalue weighted by Gasteiger charge is -2.32. The number of ether oxygens (including phenoxy) is 1. The summed E-state index contributed by atoms with van der Waals surface area (Å²) in [5.74, 6) is 0.424. The van der Waals surface area contributed by atoms with Crippen LogP contribution < -0.4 is 4.74 Å². The average molecular weight is 347 g/mol. The molecule has 1 aromatic carbocycles. The van der Waals surface area contributed by atoms with Gasteiger partial charge in [-0.15, -0.1) is 0 Å². The van der Waals surface area contributed by atoms with Crippen LogP contribution >= 0.6 is 0 Å². The second-order valence-electron chi connectivity index (χ2n) is 6.06. The molecule has 3 rings (SSSR count). The van der Waals surface area contributed by atoms with Gasteiger partial charge in [0, 0.05) is 18.9 Å². The SMILES string of the molecule is Cc1ccc(S(=O)(=O)N2CCCC(Oc3cnccn3)C2)c(C)c1. The third-order valence-electron chi connectivity index (χ3n) is 4.12. The minimum absolute atomic E-state index is 0.212. The molecule has 1 atom stereocenters. The van der Waals surface area contributed by atoms with Gasteiger partial charge in [0.15, 0.2) is 0 Å². The van der Waals surface area contributed by atoms with E-state index in [9.17, 15) is 8.42 Å². The largest absolute Gasteiger partial charge is 0.472 e. The summed E-state index contributed by atoms with van der Waals surface area (Å²) in [4.78, 5) is 8.42. The molecule has 1 saturated heterocycles. The summed E-state index contributed by atoms with van der Waals surface area (Å²) in [5, 5.41) is 0. The standard InChI is InChI=1S/C17H21N3O3S/c1-13-5-6-16(14(2)10-13)24(21,22)20-9-3-4-15(12-20)23-17-11-18-7-8-19-17/h5-8,10-11,15H,3-4,9,12H2,1-2H3. The van der Waals surface area contributed by atoms with E-state index in [1.54, 1.807) is 18.5 Å². The molecule has 1 aromatic heterocycles. The van der Waals surface area contributed by atoms with Gasteiger partial charge in [-0.1, -0.05) is 17.7 Å².